The van der Waals surface area contributed by atoms with E-state index in [0.29, 0.717) is 20.1 Å². The molecule has 0 saturated carbocycles. The summed E-state index contributed by atoms with van der Waals surface area (Å²) < 4.78 is 0.841. The van der Waals surface area contributed by atoms with Crippen molar-refractivity contribution in [2.45, 2.75) is 6.92 Å². The fraction of sp³-hybridized carbons (Fsp3) is 0.143. The van der Waals surface area contributed by atoms with Gasteiger partial charge in [0.15, 0.2) is 0 Å². The van der Waals surface area contributed by atoms with Crippen LogP contribution >= 0.6 is 69.0 Å². The zero-order valence-corrected chi connectivity index (χ0v) is 11.1. The molecule has 0 atom stereocenters. The van der Waals surface area contributed by atoms with Crippen molar-refractivity contribution >= 4 is 69.0 Å². The van der Waals surface area contributed by atoms with E-state index in [2.05, 4.69) is 22.6 Å². The Bertz CT molecular complexity index is 230. The summed E-state index contributed by atoms with van der Waals surface area (Å²) in [5.41, 5.74) is 0.858. The lowest BCUT2D eigenvalue weighted by Gasteiger charge is -2.08. The van der Waals surface area contributed by atoms with Gasteiger partial charge in [0.2, 0.25) is 0 Å². The van der Waals surface area contributed by atoms with E-state index in [1.165, 1.54) is 0 Å². The Balaban J connectivity index is 3.60. The van der Waals surface area contributed by atoms with E-state index in [9.17, 15) is 0 Å². The average molecular weight is 356 g/mol. The maximum atomic E-state index is 5.88. The lowest BCUT2D eigenvalue weighted by molar-refractivity contribution is 1.43. The fourth-order valence-corrected chi connectivity index (χ4v) is 2.52. The molecule has 0 radical (unpaired) electrons. The van der Waals surface area contributed by atoms with Crippen LogP contribution in [0.25, 0.3) is 0 Å². The van der Waals surface area contributed by atoms with Crippen LogP contribution in [0.5, 0.6) is 0 Å². The Morgan fingerprint density at radius 1 is 0.833 bits per heavy atom. The highest BCUT2D eigenvalue weighted by Crippen LogP contribution is 2.41. The van der Waals surface area contributed by atoms with Gasteiger partial charge in [0.1, 0.15) is 0 Å². The molecule has 0 bridgehead atoms. The van der Waals surface area contributed by atoms with E-state index < -0.39 is 0 Å². The monoisotopic (exact) mass is 354 g/mol. The third-order valence-corrected chi connectivity index (χ3v) is 4.99. The van der Waals surface area contributed by atoms with Gasteiger partial charge >= 0.3 is 0 Å². The van der Waals surface area contributed by atoms with E-state index in [4.69, 9.17) is 46.4 Å². The van der Waals surface area contributed by atoms with Crippen molar-refractivity contribution in [3.63, 3.8) is 0 Å². The molecule has 0 fully saturated rings. The summed E-state index contributed by atoms with van der Waals surface area (Å²) in [4.78, 5) is 0. The Morgan fingerprint density at radius 2 is 1.25 bits per heavy atom. The Hall–Kier alpha value is 1.11. The maximum Gasteiger partial charge on any atom is 0.0804 e. The topological polar surface area (TPSA) is 0 Å². The fourth-order valence-electron chi connectivity index (χ4n) is 0.715. The van der Waals surface area contributed by atoms with E-state index in [-0.39, 0.29) is 0 Å². The second-order valence-electron chi connectivity index (χ2n) is 2.19. The van der Waals surface area contributed by atoms with Gasteiger partial charge in [0.05, 0.1) is 20.1 Å². The van der Waals surface area contributed by atoms with Crippen molar-refractivity contribution in [3.05, 3.63) is 29.2 Å². The SMILES string of the molecule is Cc1c(Cl)c(Cl)c(Cl)c(Cl)c1I. The minimum absolute atomic E-state index is 0.318. The summed E-state index contributed by atoms with van der Waals surface area (Å²) in [5.74, 6) is 0. The molecule has 0 nitrogen and oxygen atoms in total. The Kier molecular flexibility index (Phi) is 3.82. The molecule has 5 heteroatoms. The smallest absolute Gasteiger partial charge is 0.0804 e. The number of halogens is 5. The van der Waals surface area contributed by atoms with Gasteiger partial charge < -0.3 is 0 Å². The molecule has 0 aliphatic heterocycles. The Morgan fingerprint density at radius 3 is 1.75 bits per heavy atom. The third kappa shape index (κ3) is 1.80. The highest BCUT2D eigenvalue weighted by Gasteiger charge is 2.15. The van der Waals surface area contributed by atoms with Crippen molar-refractivity contribution in [3.8, 4) is 0 Å². The number of benzene rings is 1. The van der Waals surface area contributed by atoms with Crippen LogP contribution in [0.2, 0.25) is 20.1 Å². The molecule has 0 heterocycles. The first-order chi connectivity index (χ1) is 5.46. The van der Waals surface area contributed by atoms with Crippen LogP contribution in [-0.2, 0) is 0 Å². The van der Waals surface area contributed by atoms with Crippen molar-refractivity contribution < 1.29 is 0 Å². The standard InChI is InChI=1S/C7H3Cl4I/c1-2-3(8)4(9)5(10)6(11)7(2)12/h1H3. The quantitative estimate of drug-likeness (QED) is 0.340. The summed E-state index contributed by atoms with van der Waals surface area (Å²) in [6.45, 7) is 1.85. The molecule has 0 aliphatic carbocycles. The average Bonchev–Trinajstić information content (AvgIpc) is 2.08. The second kappa shape index (κ2) is 4.09. The van der Waals surface area contributed by atoms with Crippen molar-refractivity contribution in [1.29, 1.82) is 0 Å². The Labute approximate surface area is 104 Å². The van der Waals surface area contributed by atoms with Crippen LogP contribution in [0.3, 0.4) is 0 Å². The third-order valence-electron chi connectivity index (χ3n) is 1.43. The van der Waals surface area contributed by atoms with E-state index in [0.717, 1.165) is 9.13 Å². The zero-order valence-electron chi connectivity index (χ0n) is 5.89. The van der Waals surface area contributed by atoms with Gasteiger partial charge in [0, 0.05) is 3.57 Å². The van der Waals surface area contributed by atoms with Crippen LogP contribution in [0.15, 0.2) is 0 Å². The molecule has 1 aromatic carbocycles. The number of rotatable bonds is 0. The predicted octanol–water partition coefficient (Wildman–Crippen LogP) is 5.21. The minimum atomic E-state index is 0.318. The van der Waals surface area contributed by atoms with Crippen LogP contribution in [0.4, 0.5) is 0 Å². The summed E-state index contributed by atoms with van der Waals surface area (Å²) in [5, 5.41) is 1.57. The largest absolute Gasteiger partial charge is 0.0823 e. The first-order valence-electron chi connectivity index (χ1n) is 2.94. The second-order valence-corrected chi connectivity index (χ2v) is 4.79. The molecule has 0 spiro atoms. The van der Waals surface area contributed by atoms with Gasteiger partial charge in [-0.2, -0.15) is 0 Å². The lowest BCUT2D eigenvalue weighted by atomic mass is 10.2. The highest BCUT2D eigenvalue weighted by atomic mass is 127. The zero-order chi connectivity index (χ0) is 9.46. The predicted molar refractivity (Wildman–Crippen MR) is 63.9 cm³/mol. The van der Waals surface area contributed by atoms with E-state index >= 15 is 0 Å². The lowest BCUT2D eigenvalue weighted by Crippen LogP contribution is -1.86. The van der Waals surface area contributed by atoms with Gasteiger partial charge in [-0.3, -0.25) is 0 Å². The maximum absolute atomic E-state index is 5.88. The van der Waals surface area contributed by atoms with Gasteiger partial charge in [-0.15, -0.1) is 0 Å². The van der Waals surface area contributed by atoms with E-state index in [1.807, 2.05) is 6.92 Å². The number of hydrogen-bond donors (Lipinski definition) is 0. The first-order valence-corrected chi connectivity index (χ1v) is 5.54. The number of hydrogen-bond acceptors (Lipinski definition) is 0. The molecule has 12 heavy (non-hydrogen) atoms. The molecule has 0 unspecified atom stereocenters. The van der Waals surface area contributed by atoms with Gasteiger partial charge in [0.25, 0.3) is 0 Å². The molecule has 0 aliphatic rings. The van der Waals surface area contributed by atoms with Crippen molar-refractivity contribution in [2.24, 2.45) is 0 Å². The summed E-state index contributed by atoms with van der Waals surface area (Å²) in [7, 11) is 0. The molecule has 0 aromatic heterocycles. The normalized spacial score (nSPS) is 10.5. The van der Waals surface area contributed by atoms with Crippen LogP contribution in [0, 0.1) is 10.5 Å². The molecule has 1 aromatic rings. The minimum Gasteiger partial charge on any atom is -0.0823 e. The van der Waals surface area contributed by atoms with Crippen molar-refractivity contribution in [1.82, 2.24) is 0 Å². The van der Waals surface area contributed by atoms with Gasteiger partial charge in [-0.05, 0) is 35.1 Å². The van der Waals surface area contributed by atoms with Crippen LogP contribution in [0.1, 0.15) is 5.56 Å². The molecule has 0 saturated heterocycles. The molecule has 1 rings (SSSR count). The van der Waals surface area contributed by atoms with Gasteiger partial charge in [-0.1, -0.05) is 46.4 Å². The summed E-state index contributed by atoms with van der Waals surface area (Å²) in [6.07, 6.45) is 0. The van der Waals surface area contributed by atoms with Gasteiger partial charge in [-0.25, -0.2) is 0 Å². The van der Waals surface area contributed by atoms with Crippen LogP contribution < -0.4 is 0 Å². The molecular formula is C7H3Cl4I. The first kappa shape index (κ1) is 11.2. The van der Waals surface area contributed by atoms with Crippen LogP contribution in [-0.4, -0.2) is 0 Å². The van der Waals surface area contributed by atoms with E-state index in [1.54, 1.807) is 0 Å². The molecule has 66 valence electrons. The molecule has 0 N–H and O–H groups in total. The highest BCUT2D eigenvalue weighted by molar-refractivity contribution is 14.1. The van der Waals surface area contributed by atoms with Crippen molar-refractivity contribution in [2.75, 3.05) is 0 Å². The summed E-state index contributed by atoms with van der Waals surface area (Å²) >= 11 is 25.5. The summed E-state index contributed by atoms with van der Waals surface area (Å²) in [6, 6.07) is 0. The molecule has 0 amide bonds. The molecular weight excluding hydrogens is 353 g/mol.